The van der Waals surface area contributed by atoms with E-state index >= 15 is 0 Å². The predicted molar refractivity (Wildman–Crippen MR) is 359 cm³/mol. The number of aliphatic hydroxyl groups excluding tert-OH is 3. The number of halogens is 7. The van der Waals surface area contributed by atoms with E-state index in [1.807, 2.05) is 11.8 Å². The Hall–Kier alpha value is -4.95. The molecule has 6 aromatic rings. The van der Waals surface area contributed by atoms with E-state index in [4.69, 9.17) is 100 Å². The van der Waals surface area contributed by atoms with Crippen molar-refractivity contribution in [3.8, 4) is 35.5 Å². The predicted octanol–water partition coefficient (Wildman–Crippen LogP) is 0.983. The maximum Gasteiger partial charge on any atom is 0.490 e. The van der Waals surface area contributed by atoms with Crippen LogP contribution in [0, 0.1) is 41.3 Å². The molecule has 3 saturated heterocycles. The highest BCUT2D eigenvalue weighted by molar-refractivity contribution is 7.68. The van der Waals surface area contributed by atoms with Crippen LogP contribution < -0.4 is 28.3 Å². The van der Waals surface area contributed by atoms with Crippen molar-refractivity contribution < 1.29 is 186 Å². The monoisotopic (exact) mass is 1830 g/mol. The van der Waals surface area contributed by atoms with Crippen LogP contribution in [-0.4, -0.2) is 212 Å². The Labute approximate surface area is 627 Å². The average molecular weight is 1840 g/mol. The van der Waals surface area contributed by atoms with Crippen LogP contribution in [0.3, 0.4) is 0 Å². The molecule has 0 radical (unpaired) electrons. The van der Waals surface area contributed by atoms with E-state index in [0.29, 0.717) is 6.20 Å². The molecule has 51 nitrogen and oxygen atoms in total. The summed E-state index contributed by atoms with van der Waals surface area (Å²) in [5, 5.41) is 32.1. The number of nitrogens with zero attached hydrogens (tertiary/aromatic N) is 8. The van der Waals surface area contributed by atoms with E-state index in [2.05, 4.69) is 93.5 Å². The second kappa shape index (κ2) is 34.7. The molecule has 9 heterocycles. The van der Waals surface area contributed by atoms with Gasteiger partial charge in [0, 0.05) is 12.4 Å². The molecule has 23 N–H and O–H groups in total. The first-order valence-electron chi connectivity index (χ1n) is 28.8. The maximum absolute atomic E-state index is 14.6. The van der Waals surface area contributed by atoms with Gasteiger partial charge in [-0.1, -0.05) is 70.3 Å². The number of imidazole rings is 1. The molecule has 111 heavy (non-hydrogen) atoms. The van der Waals surface area contributed by atoms with Gasteiger partial charge in [0.05, 0.1) is 36.2 Å². The zero-order chi connectivity index (χ0) is 83.9. The lowest BCUT2D eigenvalue weighted by Gasteiger charge is -2.26. The highest BCUT2D eigenvalue weighted by atomic mass is 35.5. The van der Waals surface area contributed by atoms with E-state index in [0.717, 1.165) is 29.9 Å². The van der Waals surface area contributed by atoms with Gasteiger partial charge in [-0.25, -0.2) is 68.6 Å². The number of nitrogen functional groups attached to an aromatic ring is 3. The summed E-state index contributed by atoms with van der Waals surface area (Å²) < 4.78 is 213. The van der Waals surface area contributed by atoms with Gasteiger partial charge in [0.2, 0.25) is 17.8 Å². The van der Waals surface area contributed by atoms with Crippen molar-refractivity contribution in [2.75, 3.05) is 37.2 Å². The highest BCUT2D eigenvalue weighted by Gasteiger charge is 2.62. The number of hydrogen-bond acceptors (Lipinski definition) is 34. The van der Waals surface area contributed by atoms with Gasteiger partial charge in [-0.05, 0) is 26.8 Å². The van der Waals surface area contributed by atoms with Crippen molar-refractivity contribution in [2.24, 2.45) is 0 Å². The summed E-state index contributed by atoms with van der Waals surface area (Å²) in [7, 11) is -51.3. The summed E-state index contributed by atoms with van der Waals surface area (Å²) in [6.45, 7) is -0.558. The van der Waals surface area contributed by atoms with Crippen LogP contribution in [0.25, 0.3) is 33.2 Å². The van der Waals surface area contributed by atoms with Gasteiger partial charge in [0.25, 0.3) is 11.1 Å². The fraction of sp³-hybridized carbons (Fsp3) is 0.477. The smallest absolute Gasteiger partial charge is 0.387 e. The Bertz CT molecular complexity index is 5320. The first kappa shape index (κ1) is 93.2. The highest BCUT2D eigenvalue weighted by Crippen LogP contribution is 2.70. The lowest BCUT2D eigenvalue weighted by molar-refractivity contribution is -0.0729. The minimum atomic E-state index is -5.87. The molecule has 0 aromatic carbocycles. The Balaban J connectivity index is 0.000000231. The van der Waals surface area contributed by atoms with Crippen LogP contribution >= 0.6 is 105 Å². The summed E-state index contributed by atoms with van der Waals surface area (Å²) in [6, 6.07) is 1.30. The fourth-order valence-electron chi connectivity index (χ4n) is 10.2. The molecule has 67 heteroatoms. The second-order valence-electron chi connectivity index (χ2n) is 22.0. The third-order valence-electron chi connectivity index (χ3n) is 14.1. The molecule has 0 saturated carbocycles. The minimum Gasteiger partial charge on any atom is -0.387 e. The van der Waals surface area contributed by atoms with Crippen LogP contribution in [0.1, 0.15) is 39.5 Å². The van der Waals surface area contributed by atoms with E-state index in [-0.39, 0.29) is 34.1 Å². The Kier molecular flexibility index (Phi) is 29.1. The van der Waals surface area contributed by atoms with Crippen LogP contribution in [0.4, 0.5) is 35.4 Å². The summed E-state index contributed by atoms with van der Waals surface area (Å²) in [4.78, 5) is 151. The van der Waals surface area contributed by atoms with Crippen molar-refractivity contribution in [1.29, 1.82) is 0 Å². The Morgan fingerprint density at radius 1 is 0.523 bits per heavy atom. The first-order chi connectivity index (χ1) is 50.7. The third-order valence-corrected chi connectivity index (χ3v) is 27.4. The summed E-state index contributed by atoms with van der Waals surface area (Å²) in [5.41, 5.74) is 14.9. The third kappa shape index (κ3) is 23.0. The zero-order valence-electron chi connectivity index (χ0n) is 54.5. The lowest BCUT2D eigenvalue weighted by Crippen LogP contribution is -2.43. The fourth-order valence-corrected chi connectivity index (χ4v) is 20.9. The van der Waals surface area contributed by atoms with Gasteiger partial charge in [-0.15, -0.1) is 0 Å². The van der Waals surface area contributed by atoms with Gasteiger partial charge in [-0.3, -0.25) is 42.3 Å². The topological polar surface area (TPSA) is 791 Å². The molecular formula is C44H55Cl3F4N13O38P9. The van der Waals surface area contributed by atoms with Crippen molar-refractivity contribution in [1.82, 2.24) is 48.6 Å². The van der Waals surface area contributed by atoms with Crippen molar-refractivity contribution in [3.63, 3.8) is 0 Å². The van der Waals surface area contributed by atoms with Crippen molar-refractivity contribution in [2.45, 2.75) is 109 Å². The van der Waals surface area contributed by atoms with E-state index < -0.39 is 213 Å². The molecule has 0 bridgehead atoms. The number of fused-ring (bicyclic) bond motifs is 3. The molecule has 9 rings (SSSR count). The van der Waals surface area contributed by atoms with Gasteiger partial charge >= 0.3 is 70.4 Å². The number of aromatic amines is 2. The lowest BCUT2D eigenvalue weighted by atomic mass is 9.96. The molecular weight excluding hydrogens is 1780 g/mol. The van der Waals surface area contributed by atoms with Gasteiger partial charge < -0.3 is 110 Å². The van der Waals surface area contributed by atoms with E-state index in [1.165, 1.54) is 29.4 Å². The molecule has 9 unspecified atom stereocenters. The molecule has 3 aliphatic heterocycles. The van der Waals surface area contributed by atoms with Crippen LogP contribution in [0.2, 0.25) is 0 Å². The van der Waals surface area contributed by atoms with Crippen molar-refractivity contribution in [3.05, 3.63) is 57.5 Å². The summed E-state index contributed by atoms with van der Waals surface area (Å²) >= 11 is 19.5. The second-order valence-corrected chi connectivity index (χ2v) is 37.0. The number of hydrogen-bond donors (Lipinski definition) is 20. The number of nitrogens with one attached hydrogen (secondary N) is 2. The number of alkyl halides is 6. The normalized spacial score (nSPS) is 28.3. The molecule has 0 spiro atoms. The molecule has 618 valence electrons. The van der Waals surface area contributed by atoms with Gasteiger partial charge in [0.15, 0.2) is 56.1 Å². The summed E-state index contributed by atoms with van der Waals surface area (Å²) in [5.74, 6) is 10.8. The van der Waals surface area contributed by atoms with Gasteiger partial charge in [0.1, 0.15) is 67.6 Å². The molecule has 3 aliphatic rings. The number of H-pyrrole nitrogens is 2. The van der Waals surface area contributed by atoms with Crippen LogP contribution in [0.5, 0.6) is 0 Å². The molecule has 6 aromatic heterocycles. The van der Waals surface area contributed by atoms with Crippen LogP contribution in [0.15, 0.2) is 40.6 Å². The zero-order valence-corrected chi connectivity index (χ0v) is 64.8. The standard InChI is InChI=1S/C15H18ClF2N4O13P3.C15H19ClFN4O13P3.C14H18ClFN5O12P3/c1-6(33-37(28,29)35-38(30,31)34-36(25,26)27)9-10(23)15(16,3-2-4-17)13(32-9)22-5-7(18)8-11(22)20-14(19)21-12(8)24;1-7(32-36(27,28)34-37(29,30)33-35(24,25)26)9-10(22)15(16,4-2-5-17)13(31-9)21-6-3-8-11(21)19-14(18)20-12(8)23;1-7(31-35(26,27)33-36(28,29)32-34(23,24)25)9-10(22)14(15,3-2-4-16)12(30-9)21-6-19-8-5-18-13(17)20-11(8)21/h5-6,9-10,13,23H,4H2,1H3,(H,28,29)(H,30,31)(H2,25,26,27)(H3,19,20,21,24);3,6-7,9-10,13,22H,5H2,1H3,(H,27,28)(H,29,30)(H2,24,25,26)(H3,18,19,20,23);5-7,9-10,12,22H,4H2,1H3,(H,26,27)(H,28,29)(H2,17,18,20)(H2,23,24,25)/t6-,9-,10+,13-,15?;7-,9-,10+,13-,15?;7-,9-,10+,12-,14?/m111/s1. The summed E-state index contributed by atoms with van der Waals surface area (Å²) in [6.07, 6.45) is -16.4. The minimum absolute atomic E-state index is 0.0227. The molecule has 3 fully saturated rings. The van der Waals surface area contributed by atoms with E-state index in [9.17, 15) is 113 Å². The van der Waals surface area contributed by atoms with Gasteiger partial charge in [-0.2, -0.15) is 40.8 Å². The number of phosphoric ester groups is 3. The Morgan fingerprint density at radius 2 is 0.874 bits per heavy atom. The van der Waals surface area contributed by atoms with Crippen LogP contribution in [-0.2, 0) is 94.7 Å². The average Bonchev–Trinajstić information content (AvgIpc) is 1.60. The SMILES string of the molecule is C[C@@H](OP(=O)(O)OP(=O)(O)OP(=O)(O)O)[C@H]1O[C@@H](n2cc(F)c3c(=O)[nH]c(N)nc32)C(Cl)(C#CCF)[C@H]1O.C[C@@H](OP(=O)(O)OP(=O)(O)OP(=O)(O)O)[C@H]1O[C@@H](n2ccc3c(=O)[nH]c(N)nc32)C(Cl)(C#CCF)[C@H]1O.C[C@@H](OP(=O)(O)OP(=O)(O)OP(=O)(O)O)[C@H]1O[C@@H](n2cnc3cnc(N)nc32)C(Cl)(C#CCF)[C@H]1O. The quantitative estimate of drug-likeness (QED) is 0.0174. The number of aliphatic hydroxyl groups is 3. The number of anilines is 3. The number of phosphoric acid groups is 9. The Morgan fingerprint density at radius 3 is 1.24 bits per heavy atom. The molecule has 0 aliphatic carbocycles. The number of aromatic nitrogens is 10. The molecule has 0 amide bonds. The first-order valence-corrected chi connectivity index (χ1v) is 43.5. The maximum atomic E-state index is 14.6. The van der Waals surface area contributed by atoms with Crippen molar-refractivity contribution >= 4 is 156 Å². The largest absolute Gasteiger partial charge is 0.490 e. The van der Waals surface area contributed by atoms with E-state index in [1.54, 1.807) is 0 Å². The number of ether oxygens (including phenoxy) is 3. The number of nitrogens with two attached hydrogens (primary N) is 3. The molecule has 21 atom stereocenters. The number of rotatable bonds is 24.